The van der Waals surface area contributed by atoms with E-state index in [-0.39, 0.29) is 18.0 Å². The van der Waals surface area contributed by atoms with Gasteiger partial charge in [-0.1, -0.05) is 0 Å². The molecule has 5 nitrogen and oxygen atoms in total. The van der Waals surface area contributed by atoms with Gasteiger partial charge in [0.1, 0.15) is 11.4 Å². The van der Waals surface area contributed by atoms with E-state index >= 15 is 0 Å². The minimum atomic E-state index is -0.537. The van der Waals surface area contributed by atoms with Gasteiger partial charge in [-0.25, -0.2) is 9.18 Å². The minimum absolute atomic E-state index is 0.0646. The molecule has 0 spiro atoms. The Hall–Kier alpha value is -2.89. The largest absolute Gasteiger partial charge is 0.444 e. The van der Waals surface area contributed by atoms with Crippen LogP contribution in [-0.4, -0.2) is 32.7 Å². The predicted octanol–water partition coefficient (Wildman–Crippen LogP) is 5.63. The summed E-state index contributed by atoms with van der Waals surface area (Å²) in [5.74, 6) is -0.271. The number of rotatable bonds is 2. The Morgan fingerprint density at radius 2 is 1.93 bits per heavy atom. The quantitative estimate of drug-likeness (QED) is 0.565. The number of fused-ring (bicyclic) bond motifs is 1. The number of carbonyl (C=O) groups is 1. The Kier molecular flexibility index (Phi) is 5.03. The molecule has 1 unspecified atom stereocenters. The Morgan fingerprint density at radius 1 is 1.17 bits per heavy atom. The van der Waals surface area contributed by atoms with E-state index < -0.39 is 5.60 Å². The van der Waals surface area contributed by atoms with Gasteiger partial charge in [0.15, 0.2) is 0 Å². The molecule has 0 saturated carbocycles. The summed E-state index contributed by atoms with van der Waals surface area (Å²) >= 11 is 0. The highest BCUT2D eigenvalue weighted by atomic mass is 19.1. The molecule has 1 aromatic carbocycles. The number of hydrogen-bond acceptors (Lipinski definition) is 3. The molecule has 1 aliphatic heterocycles. The van der Waals surface area contributed by atoms with E-state index in [1.807, 2.05) is 48.7 Å². The molecule has 0 aliphatic carbocycles. The first-order chi connectivity index (χ1) is 13.8. The Balaban J connectivity index is 1.78. The van der Waals surface area contributed by atoms with Crippen LogP contribution in [0.4, 0.5) is 9.18 Å². The van der Waals surface area contributed by atoms with Crippen LogP contribution in [0.15, 0.2) is 48.9 Å². The monoisotopic (exact) mass is 395 g/mol. The smallest absolute Gasteiger partial charge is 0.410 e. The highest BCUT2D eigenvalue weighted by Crippen LogP contribution is 2.37. The van der Waals surface area contributed by atoms with Gasteiger partial charge in [0.2, 0.25) is 0 Å². The zero-order valence-corrected chi connectivity index (χ0v) is 17.1. The van der Waals surface area contributed by atoms with Gasteiger partial charge in [0.05, 0.1) is 17.8 Å². The maximum Gasteiger partial charge on any atom is 0.410 e. The van der Waals surface area contributed by atoms with Crippen LogP contribution in [0.2, 0.25) is 0 Å². The second-order valence-corrected chi connectivity index (χ2v) is 8.51. The molecule has 29 heavy (non-hydrogen) atoms. The lowest BCUT2D eigenvalue weighted by Crippen LogP contribution is -2.41. The van der Waals surface area contributed by atoms with Crippen molar-refractivity contribution in [2.75, 3.05) is 6.54 Å². The fourth-order valence-corrected chi connectivity index (χ4v) is 3.98. The molecule has 1 amide bonds. The van der Waals surface area contributed by atoms with Gasteiger partial charge in [0, 0.05) is 35.6 Å². The first-order valence-corrected chi connectivity index (χ1v) is 10.0. The molecule has 2 aromatic heterocycles. The van der Waals surface area contributed by atoms with Crippen LogP contribution in [-0.2, 0) is 4.74 Å². The summed E-state index contributed by atoms with van der Waals surface area (Å²) in [7, 11) is 0. The first-order valence-electron chi connectivity index (χ1n) is 10.0. The van der Waals surface area contributed by atoms with Crippen LogP contribution in [0, 0.1) is 5.82 Å². The third-order valence-corrected chi connectivity index (χ3v) is 5.23. The summed E-state index contributed by atoms with van der Waals surface area (Å²) < 4.78 is 21.1. The summed E-state index contributed by atoms with van der Waals surface area (Å²) in [6, 6.07) is 8.31. The molecule has 1 saturated heterocycles. The molecule has 6 heteroatoms. The van der Waals surface area contributed by atoms with Gasteiger partial charge in [-0.05, 0) is 70.4 Å². The normalized spacial score (nSPS) is 17.5. The Labute approximate surface area is 170 Å². The van der Waals surface area contributed by atoms with Gasteiger partial charge in [-0.2, -0.15) is 0 Å². The SMILES string of the molecule is CC(C)(C)OC(=O)N1CCCCC1c1cn(-c2ccc(F)cc2)c2cnccc12. The van der Waals surface area contributed by atoms with Crippen LogP contribution in [0.5, 0.6) is 0 Å². The second-order valence-electron chi connectivity index (χ2n) is 8.51. The molecule has 3 aromatic rings. The van der Waals surface area contributed by atoms with Crippen molar-refractivity contribution in [3.05, 3.63) is 60.3 Å². The van der Waals surface area contributed by atoms with Crippen LogP contribution < -0.4 is 0 Å². The van der Waals surface area contributed by atoms with E-state index in [1.165, 1.54) is 12.1 Å². The number of amides is 1. The van der Waals surface area contributed by atoms with Crippen LogP contribution in [0.25, 0.3) is 16.6 Å². The second kappa shape index (κ2) is 7.50. The van der Waals surface area contributed by atoms with Gasteiger partial charge < -0.3 is 14.2 Å². The zero-order valence-electron chi connectivity index (χ0n) is 17.1. The lowest BCUT2D eigenvalue weighted by Gasteiger charge is -2.36. The first kappa shape index (κ1) is 19.4. The number of carbonyl (C=O) groups excluding carboxylic acids is 1. The molecule has 0 bridgehead atoms. The third kappa shape index (κ3) is 3.97. The molecule has 1 fully saturated rings. The molecular weight excluding hydrogens is 369 g/mol. The van der Waals surface area contributed by atoms with Crippen molar-refractivity contribution in [2.45, 2.75) is 51.7 Å². The maximum atomic E-state index is 13.4. The zero-order chi connectivity index (χ0) is 20.6. The fourth-order valence-electron chi connectivity index (χ4n) is 3.98. The molecule has 4 rings (SSSR count). The molecular formula is C23H26FN3O2. The van der Waals surface area contributed by atoms with Crippen molar-refractivity contribution < 1.29 is 13.9 Å². The van der Waals surface area contributed by atoms with E-state index in [0.717, 1.165) is 41.4 Å². The lowest BCUT2D eigenvalue weighted by molar-refractivity contribution is 0.00968. The molecule has 3 heterocycles. The summed E-state index contributed by atoms with van der Waals surface area (Å²) in [6.07, 6.45) is 8.24. The predicted molar refractivity (Wildman–Crippen MR) is 111 cm³/mol. The van der Waals surface area contributed by atoms with Gasteiger partial charge in [0.25, 0.3) is 0 Å². The number of hydrogen-bond donors (Lipinski definition) is 0. The van der Waals surface area contributed by atoms with E-state index in [1.54, 1.807) is 18.3 Å². The van der Waals surface area contributed by atoms with E-state index in [2.05, 4.69) is 4.98 Å². The average molecular weight is 395 g/mol. The molecule has 0 N–H and O–H groups in total. The third-order valence-electron chi connectivity index (χ3n) is 5.23. The van der Waals surface area contributed by atoms with Gasteiger partial charge >= 0.3 is 6.09 Å². The molecule has 152 valence electrons. The maximum absolute atomic E-state index is 13.4. The Morgan fingerprint density at radius 3 is 2.66 bits per heavy atom. The number of pyridine rings is 1. The number of nitrogens with zero attached hydrogens (tertiary/aromatic N) is 3. The van der Waals surface area contributed by atoms with Crippen molar-refractivity contribution in [3.8, 4) is 5.69 Å². The number of benzene rings is 1. The van der Waals surface area contributed by atoms with Crippen molar-refractivity contribution in [1.82, 2.24) is 14.5 Å². The van der Waals surface area contributed by atoms with Crippen molar-refractivity contribution in [2.24, 2.45) is 0 Å². The number of aromatic nitrogens is 2. The van der Waals surface area contributed by atoms with Gasteiger partial charge in [-0.3, -0.25) is 4.98 Å². The molecule has 0 radical (unpaired) electrons. The summed E-state index contributed by atoms with van der Waals surface area (Å²) in [6.45, 7) is 6.33. The standard InChI is InChI=1S/C23H26FN3O2/c1-23(2,3)29-22(28)26-13-5-4-6-20(26)19-15-27(17-9-7-16(24)8-10-17)21-14-25-12-11-18(19)21/h7-12,14-15,20H,4-6,13H2,1-3H3. The van der Waals surface area contributed by atoms with Crippen molar-refractivity contribution in [3.63, 3.8) is 0 Å². The van der Waals surface area contributed by atoms with Crippen LogP contribution >= 0.6 is 0 Å². The van der Waals surface area contributed by atoms with Crippen LogP contribution in [0.1, 0.15) is 51.6 Å². The summed E-state index contributed by atoms with van der Waals surface area (Å²) in [5.41, 5.74) is 2.32. The van der Waals surface area contributed by atoms with E-state index in [9.17, 15) is 9.18 Å². The number of likely N-dealkylation sites (tertiary alicyclic amines) is 1. The minimum Gasteiger partial charge on any atom is -0.444 e. The van der Waals surface area contributed by atoms with Crippen molar-refractivity contribution in [1.29, 1.82) is 0 Å². The highest BCUT2D eigenvalue weighted by molar-refractivity contribution is 5.86. The Bertz CT molecular complexity index is 1020. The number of piperidine rings is 1. The van der Waals surface area contributed by atoms with Crippen molar-refractivity contribution >= 4 is 17.0 Å². The summed E-state index contributed by atoms with van der Waals surface area (Å²) in [5, 5.41) is 1.05. The molecule has 1 atom stereocenters. The highest BCUT2D eigenvalue weighted by Gasteiger charge is 2.33. The number of ether oxygens (including phenoxy) is 1. The van der Waals surface area contributed by atoms with Gasteiger partial charge in [-0.15, -0.1) is 0 Å². The fraction of sp³-hybridized carbons (Fsp3) is 0.391. The van der Waals surface area contributed by atoms with Crippen LogP contribution in [0.3, 0.4) is 0 Å². The lowest BCUT2D eigenvalue weighted by atomic mass is 9.95. The molecule has 1 aliphatic rings. The summed E-state index contributed by atoms with van der Waals surface area (Å²) in [4.78, 5) is 19.0. The van der Waals surface area contributed by atoms with E-state index in [0.29, 0.717) is 6.54 Å². The van der Waals surface area contributed by atoms with E-state index in [4.69, 9.17) is 4.74 Å². The average Bonchev–Trinajstić information content (AvgIpc) is 3.07. The number of halogens is 1. The topological polar surface area (TPSA) is 47.4 Å².